The smallest absolute Gasteiger partial charge is 0.297 e. The molecule has 0 bridgehead atoms. The molecule has 0 spiro atoms. The van der Waals surface area contributed by atoms with Gasteiger partial charge in [-0.1, -0.05) is 65.8 Å². The number of azide groups is 1. The Morgan fingerprint density at radius 3 is 2.52 bits per heavy atom. The number of nitrogens with zero attached hydrogens (tertiary/aromatic N) is 4. The molecule has 2 aromatic carbocycles. The SMILES string of the molecule is [N-]=[N+]=N[C@@H]1C(O[N+](=O)[O-])O[C@@H]2CO[C@@H](c3ccccc3)O[C@H]2[C@@H]1OCc1ccccc1. The van der Waals surface area contributed by atoms with Crippen LogP contribution in [0.1, 0.15) is 17.4 Å². The first-order valence-electron chi connectivity index (χ1n) is 9.64. The summed E-state index contributed by atoms with van der Waals surface area (Å²) in [6.45, 7) is 0.271. The molecule has 11 nitrogen and oxygen atoms in total. The Kier molecular flexibility index (Phi) is 6.60. The summed E-state index contributed by atoms with van der Waals surface area (Å²) in [5, 5.41) is 13.7. The zero-order valence-electron chi connectivity index (χ0n) is 16.3. The first-order valence-corrected chi connectivity index (χ1v) is 9.64. The number of fused-ring (bicyclic) bond motifs is 1. The van der Waals surface area contributed by atoms with Crippen LogP contribution in [-0.2, 0) is 30.4 Å². The quantitative estimate of drug-likeness (QED) is 0.217. The van der Waals surface area contributed by atoms with Gasteiger partial charge in [-0.15, -0.1) is 10.1 Å². The molecule has 0 aliphatic carbocycles. The second-order valence-corrected chi connectivity index (χ2v) is 7.01. The molecule has 0 amide bonds. The van der Waals surface area contributed by atoms with Gasteiger partial charge in [0.05, 0.1) is 19.3 Å². The maximum absolute atomic E-state index is 11.0. The van der Waals surface area contributed by atoms with E-state index in [4.69, 9.17) is 24.5 Å². The van der Waals surface area contributed by atoms with Crippen LogP contribution in [0.15, 0.2) is 65.8 Å². The minimum Gasteiger partial charge on any atom is -0.370 e. The monoisotopic (exact) mass is 428 g/mol. The molecule has 2 saturated heterocycles. The molecule has 2 aliphatic heterocycles. The van der Waals surface area contributed by atoms with Crippen molar-refractivity contribution in [2.75, 3.05) is 6.61 Å². The Morgan fingerprint density at radius 2 is 1.84 bits per heavy atom. The van der Waals surface area contributed by atoms with E-state index in [-0.39, 0.29) is 13.2 Å². The predicted octanol–water partition coefficient (Wildman–Crippen LogP) is 3.30. The maximum atomic E-state index is 11.0. The summed E-state index contributed by atoms with van der Waals surface area (Å²) >= 11 is 0. The summed E-state index contributed by atoms with van der Waals surface area (Å²) in [5.41, 5.74) is 10.7. The van der Waals surface area contributed by atoms with Crippen molar-refractivity contribution >= 4 is 0 Å². The maximum Gasteiger partial charge on any atom is 0.297 e. The summed E-state index contributed by atoms with van der Waals surface area (Å²) in [4.78, 5) is 18.4. The lowest BCUT2D eigenvalue weighted by Crippen LogP contribution is -2.62. The largest absolute Gasteiger partial charge is 0.370 e. The van der Waals surface area contributed by atoms with E-state index in [1.807, 2.05) is 60.7 Å². The van der Waals surface area contributed by atoms with Gasteiger partial charge in [-0.2, -0.15) is 0 Å². The molecule has 6 atom stereocenters. The predicted molar refractivity (Wildman–Crippen MR) is 105 cm³/mol. The van der Waals surface area contributed by atoms with Crippen molar-refractivity contribution in [3.05, 3.63) is 92.3 Å². The number of benzene rings is 2. The second-order valence-electron chi connectivity index (χ2n) is 7.01. The molecule has 1 unspecified atom stereocenters. The van der Waals surface area contributed by atoms with Crippen molar-refractivity contribution in [2.24, 2.45) is 5.11 Å². The molecule has 4 rings (SSSR count). The van der Waals surface area contributed by atoms with Gasteiger partial charge in [0, 0.05) is 10.5 Å². The number of hydrogen-bond donors (Lipinski definition) is 0. The third-order valence-electron chi connectivity index (χ3n) is 5.04. The third-order valence-corrected chi connectivity index (χ3v) is 5.04. The zero-order chi connectivity index (χ0) is 21.6. The molecule has 0 saturated carbocycles. The van der Waals surface area contributed by atoms with E-state index in [1.54, 1.807) is 0 Å². The summed E-state index contributed by atoms with van der Waals surface area (Å²) in [5.74, 6) is 0. The average molecular weight is 428 g/mol. The molecule has 2 heterocycles. The number of ether oxygens (including phenoxy) is 4. The van der Waals surface area contributed by atoms with E-state index in [0.717, 1.165) is 11.1 Å². The molecular weight excluding hydrogens is 408 g/mol. The molecule has 2 fully saturated rings. The Bertz CT molecular complexity index is 926. The topological polar surface area (TPSA) is 138 Å². The van der Waals surface area contributed by atoms with Gasteiger partial charge in [0.15, 0.2) is 6.29 Å². The van der Waals surface area contributed by atoms with Crippen LogP contribution < -0.4 is 0 Å². The van der Waals surface area contributed by atoms with Crippen molar-refractivity contribution in [3.63, 3.8) is 0 Å². The van der Waals surface area contributed by atoms with Crippen LogP contribution in [0.25, 0.3) is 10.4 Å². The van der Waals surface area contributed by atoms with Crippen molar-refractivity contribution in [3.8, 4) is 0 Å². The number of hydrogen-bond acceptors (Lipinski definition) is 8. The van der Waals surface area contributed by atoms with Gasteiger partial charge in [-0.3, -0.25) is 4.84 Å². The molecule has 11 heteroatoms. The van der Waals surface area contributed by atoms with E-state index in [0.29, 0.717) is 0 Å². The van der Waals surface area contributed by atoms with Gasteiger partial charge in [0.1, 0.15) is 18.2 Å². The van der Waals surface area contributed by atoms with E-state index >= 15 is 0 Å². The van der Waals surface area contributed by atoms with Crippen LogP contribution in [0.4, 0.5) is 0 Å². The van der Waals surface area contributed by atoms with Gasteiger partial charge < -0.3 is 18.9 Å². The van der Waals surface area contributed by atoms with Gasteiger partial charge in [0.25, 0.3) is 5.09 Å². The summed E-state index contributed by atoms with van der Waals surface area (Å²) in [6, 6.07) is 17.5. The van der Waals surface area contributed by atoms with Gasteiger partial charge in [0.2, 0.25) is 6.29 Å². The fourth-order valence-corrected chi connectivity index (χ4v) is 3.65. The van der Waals surface area contributed by atoms with Crippen LogP contribution in [0.5, 0.6) is 0 Å². The first kappa shape index (κ1) is 21.0. The lowest BCUT2D eigenvalue weighted by molar-refractivity contribution is -0.784. The first-order chi connectivity index (χ1) is 15.2. The van der Waals surface area contributed by atoms with Crippen molar-refractivity contribution in [2.45, 2.75) is 43.5 Å². The molecule has 0 radical (unpaired) electrons. The highest BCUT2D eigenvalue weighted by Gasteiger charge is 2.51. The van der Waals surface area contributed by atoms with E-state index < -0.39 is 42.0 Å². The standard InChI is InChI=1S/C20H20N4O7/c21-23-22-16-18(27-11-13-7-3-1-4-8-13)17-15(29-20(16)31-24(25)26)12-28-19(30-17)14-9-5-2-6-10-14/h1-10,15-20H,11-12H2/t15-,16+,17-,18-,19-,20?/m1/s1. The lowest BCUT2D eigenvalue weighted by Gasteiger charge is -2.47. The Hall–Kier alpha value is -3.21. The molecule has 162 valence electrons. The third kappa shape index (κ3) is 4.93. The van der Waals surface area contributed by atoms with Crippen molar-refractivity contribution in [1.82, 2.24) is 0 Å². The van der Waals surface area contributed by atoms with E-state index in [2.05, 4.69) is 14.9 Å². The average Bonchev–Trinajstić information content (AvgIpc) is 2.79. The highest BCUT2D eigenvalue weighted by Crippen LogP contribution is 2.37. The molecule has 2 aliphatic rings. The fraction of sp³-hybridized carbons (Fsp3) is 0.400. The fourth-order valence-electron chi connectivity index (χ4n) is 3.65. The van der Waals surface area contributed by atoms with Crippen LogP contribution in [0, 0.1) is 10.1 Å². The highest BCUT2D eigenvalue weighted by molar-refractivity contribution is 5.17. The highest BCUT2D eigenvalue weighted by atomic mass is 17.0. The summed E-state index contributed by atoms with van der Waals surface area (Å²) < 4.78 is 23.6. The summed E-state index contributed by atoms with van der Waals surface area (Å²) in [7, 11) is 0. The molecular formula is C20H20N4O7. The van der Waals surface area contributed by atoms with E-state index in [1.165, 1.54) is 0 Å². The van der Waals surface area contributed by atoms with Crippen molar-refractivity contribution in [1.29, 1.82) is 0 Å². The van der Waals surface area contributed by atoms with Gasteiger partial charge in [-0.25, -0.2) is 0 Å². The number of rotatable bonds is 7. The Morgan fingerprint density at radius 1 is 1.13 bits per heavy atom. The molecule has 0 aromatic heterocycles. The van der Waals surface area contributed by atoms with Crippen LogP contribution in [-0.4, -0.2) is 42.3 Å². The van der Waals surface area contributed by atoms with Crippen LogP contribution >= 0.6 is 0 Å². The molecule has 0 N–H and O–H groups in total. The van der Waals surface area contributed by atoms with Crippen LogP contribution in [0.2, 0.25) is 0 Å². The van der Waals surface area contributed by atoms with Gasteiger partial charge >= 0.3 is 0 Å². The normalized spacial score (nSPS) is 29.9. The summed E-state index contributed by atoms with van der Waals surface area (Å²) in [6.07, 6.45) is -4.42. The minimum absolute atomic E-state index is 0.0932. The lowest BCUT2D eigenvalue weighted by atomic mass is 9.96. The van der Waals surface area contributed by atoms with Gasteiger partial charge in [-0.05, 0) is 11.1 Å². The Balaban J connectivity index is 1.60. The molecule has 31 heavy (non-hydrogen) atoms. The Labute approximate surface area is 177 Å². The second kappa shape index (κ2) is 9.73. The zero-order valence-corrected chi connectivity index (χ0v) is 16.3. The van der Waals surface area contributed by atoms with Crippen molar-refractivity contribution < 1.29 is 28.9 Å². The minimum atomic E-state index is -1.45. The molecule has 2 aromatic rings. The van der Waals surface area contributed by atoms with E-state index in [9.17, 15) is 10.1 Å². The van der Waals surface area contributed by atoms with Crippen LogP contribution in [0.3, 0.4) is 0 Å².